The molecule has 2 aromatic rings. The molecule has 6 rings (SSSR count). The van der Waals surface area contributed by atoms with Gasteiger partial charge in [0.15, 0.2) is 0 Å². The maximum atomic E-state index is 13.0. The largest absolute Gasteiger partial charge is 0.489 e. The Hall–Kier alpha value is -3.12. The van der Waals surface area contributed by atoms with E-state index in [0.717, 1.165) is 49.2 Å². The van der Waals surface area contributed by atoms with Crippen LogP contribution in [0.25, 0.3) is 0 Å². The van der Waals surface area contributed by atoms with Crippen molar-refractivity contribution in [3.63, 3.8) is 0 Å². The number of hydrogen-bond donors (Lipinski definition) is 2. The van der Waals surface area contributed by atoms with Crippen molar-refractivity contribution in [3.05, 3.63) is 63.7 Å². The van der Waals surface area contributed by atoms with E-state index >= 15 is 0 Å². The van der Waals surface area contributed by atoms with E-state index in [-0.39, 0.29) is 17.9 Å². The van der Waals surface area contributed by atoms with Gasteiger partial charge in [0.1, 0.15) is 18.1 Å². The highest BCUT2D eigenvalue weighted by Gasteiger charge is 2.41. The van der Waals surface area contributed by atoms with Crippen molar-refractivity contribution in [2.24, 2.45) is 0 Å². The number of hydrogen-bond acceptors (Lipinski definition) is 6. The number of carbonyl (C=O) groups excluding carboxylic acids is 2. The van der Waals surface area contributed by atoms with Crippen LogP contribution in [0, 0.1) is 11.3 Å². The number of halogens is 1. The third-order valence-electron chi connectivity index (χ3n) is 8.55. The van der Waals surface area contributed by atoms with Crippen molar-refractivity contribution in [2.45, 2.75) is 75.4 Å². The first-order valence-corrected chi connectivity index (χ1v) is 13.8. The molecule has 2 unspecified atom stereocenters. The Labute approximate surface area is 227 Å². The van der Waals surface area contributed by atoms with Gasteiger partial charge in [0, 0.05) is 48.6 Å². The molecular formula is C29H31ClN4O4. The van der Waals surface area contributed by atoms with Gasteiger partial charge < -0.3 is 20.1 Å². The number of nitriles is 1. The SMILES string of the molecule is N#Cc1ccc(C2CN([C@@H]3CCCC[C@@H]3Oc3ccc4c(c3)CN(C3CCC(=O)NC3O)C4=O)C2)c(Cl)c1. The van der Waals surface area contributed by atoms with Crippen LogP contribution in [0.5, 0.6) is 5.75 Å². The third kappa shape index (κ3) is 4.64. The van der Waals surface area contributed by atoms with E-state index in [1.165, 1.54) is 6.42 Å². The van der Waals surface area contributed by atoms with Crippen molar-refractivity contribution in [3.8, 4) is 11.8 Å². The average Bonchev–Trinajstić information content (AvgIpc) is 3.20. The Morgan fingerprint density at radius 1 is 1.05 bits per heavy atom. The lowest BCUT2D eigenvalue weighted by Crippen LogP contribution is -2.57. The summed E-state index contributed by atoms with van der Waals surface area (Å²) in [4.78, 5) is 28.8. The predicted molar refractivity (Wildman–Crippen MR) is 141 cm³/mol. The molecule has 0 spiro atoms. The predicted octanol–water partition coefficient (Wildman–Crippen LogP) is 3.55. The maximum Gasteiger partial charge on any atom is 0.254 e. The number of aliphatic hydroxyl groups is 1. The van der Waals surface area contributed by atoms with Crippen molar-refractivity contribution in [2.75, 3.05) is 13.1 Å². The number of amides is 2. The van der Waals surface area contributed by atoms with Gasteiger partial charge in [-0.05, 0) is 67.1 Å². The molecule has 0 aromatic heterocycles. The normalized spacial score (nSPS) is 27.9. The van der Waals surface area contributed by atoms with Crippen LogP contribution in [-0.4, -0.2) is 64.2 Å². The minimum atomic E-state index is -1.05. The monoisotopic (exact) mass is 534 g/mol. The van der Waals surface area contributed by atoms with Gasteiger partial charge in [-0.25, -0.2) is 0 Å². The molecule has 2 saturated heterocycles. The summed E-state index contributed by atoms with van der Waals surface area (Å²) in [6, 6.07) is 13.3. The average molecular weight is 535 g/mol. The Kier molecular flexibility index (Phi) is 6.77. The van der Waals surface area contributed by atoms with E-state index in [4.69, 9.17) is 21.6 Å². The third-order valence-corrected chi connectivity index (χ3v) is 8.88. The molecular weight excluding hydrogens is 504 g/mol. The van der Waals surface area contributed by atoms with Crippen LogP contribution in [0.3, 0.4) is 0 Å². The van der Waals surface area contributed by atoms with E-state index in [1.54, 1.807) is 11.0 Å². The molecule has 4 atom stereocenters. The molecule has 3 aliphatic heterocycles. The van der Waals surface area contributed by atoms with Crippen LogP contribution < -0.4 is 10.1 Å². The van der Waals surface area contributed by atoms with Gasteiger partial charge in [-0.15, -0.1) is 0 Å². The lowest BCUT2D eigenvalue weighted by Gasteiger charge is -2.48. The zero-order valence-corrected chi connectivity index (χ0v) is 21.9. The van der Waals surface area contributed by atoms with Gasteiger partial charge in [0.05, 0.1) is 17.7 Å². The highest BCUT2D eigenvalue weighted by Crippen LogP contribution is 2.38. The van der Waals surface area contributed by atoms with Gasteiger partial charge >= 0.3 is 0 Å². The maximum absolute atomic E-state index is 13.0. The topological polar surface area (TPSA) is 106 Å². The van der Waals surface area contributed by atoms with Crippen LogP contribution in [-0.2, 0) is 11.3 Å². The molecule has 0 bridgehead atoms. The number of benzene rings is 2. The highest BCUT2D eigenvalue weighted by atomic mass is 35.5. The summed E-state index contributed by atoms with van der Waals surface area (Å²) in [5.74, 6) is 0.814. The van der Waals surface area contributed by atoms with E-state index in [0.29, 0.717) is 47.5 Å². The molecule has 3 fully saturated rings. The van der Waals surface area contributed by atoms with E-state index in [9.17, 15) is 14.7 Å². The van der Waals surface area contributed by atoms with Gasteiger partial charge in [-0.2, -0.15) is 5.26 Å². The van der Waals surface area contributed by atoms with Crippen molar-refractivity contribution in [1.82, 2.24) is 15.1 Å². The lowest BCUT2D eigenvalue weighted by atomic mass is 9.84. The number of likely N-dealkylation sites (tertiary alicyclic amines) is 1. The zero-order valence-electron chi connectivity index (χ0n) is 21.1. The zero-order chi connectivity index (χ0) is 26.4. The summed E-state index contributed by atoms with van der Waals surface area (Å²) in [6.07, 6.45) is 4.15. The summed E-state index contributed by atoms with van der Waals surface area (Å²) >= 11 is 6.46. The van der Waals surface area contributed by atoms with E-state index < -0.39 is 12.3 Å². The second-order valence-corrected chi connectivity index (χ2v) is 11.3. The number of piperidine rings is 1. The summed E-state index contributed by atoms with van der Waals surface area (Å²) < 4.78 is 6.56. The minimum Gasteiger partial charge on any atom is -0.489 e. The molecule has 2 amide bonds. The van der Waals surface area contributed by atoms with E-state index in [1.807, 2.05) is 30.3 Å². The first-order valence-electron chi connectivity index (χ1n) is 13.4. The van der Waals surface area contributed by atoms with Crippen LogP contribution in [0.1, 0.15) is 71.5 Å². The Morgan fingerprint density at radius 3 is 2.63 bits per heavy atom. The first-order chi connectivity index (χ1) is 18.4. The summed E-state index contributed by atoms with van der Waals surface area (Å²) in [5, 5.41) is 22.6. The number of fused-ring (bicyclic) bond motifs is 1. The molecule has 1 aliphatic carbocycles. The molecule has 198 valence electrons. The number of rotatable bonds is 5. The Balaban J connectivity index is 1.11. The molecule has 2 aromatic carbocycles. The van der Waals surface area contributed by atoms with Gasteiger partial charge in [-0.1, -0.05) is 24.1 Å². The van der Waals surface area contributed by atoms with Gasteiger partial charge in [-0.3, -0.25) is 14.5 Å². The molecule has 1 saturated carbocycles. The first kappa shape index (κ1) is 25.2. The fourth-order valence-corrected chi connectivity index (χ4v) is 6.81. The Morgan fingerprint density at radius 2 is 1.87 bits per heavy atom. The van der Waals surface area contributed by atoms with Crippen LogP contribution in [0.2, 0.25) is 5.02 Å². The van der Waals surface area contributed by atoms with Gasteiger partial charge in [0.2, 0.25) is 5.91 Å². The fourth-order valence-electron chi connectivity index (χ4n) is 6.47. The Bertz CT molecular complexity index is 1300. The lowest BCUT2D eigenvalue weighted by molar-refractivity contribution is -0.129. The van der Waals surface area contributed by atoms with Crippen molar-refractivity contribution < 1.29 is 19.4 Å². The number of carbonyl (C=O) groups is 2. The number of ether oxygens (including phenoxy) is 1. The second kappa shape index (κ2) is 10.2. The summed E-state index contributed by atoms with van der Waals surface area (Å²) in [5.41, 5.74) is 3.21. The van der Waals surface area contributed by atoms with Gasteiger partial charge in [0.25, 0.3) is 5.91 Å². The number of aliphatic hydroxyl groups excluding tert-OH is 1. The highest BCUT2D eigenvalue weighted by molar-refractivity contribution is 6.31. The molecule has 9 heteroatoms. The number of nitrogens with zero attached hydrogens (tertiary/aromatic N) is 3. The van der Waals surface area contributed by atoms with Crippen LogP contribution >= 0.6 is 11.6 Å². The quantitative estimate of drug-likeness (QED) is 0.607. The van der Waals surface area contributed by atoms with Crippen LogP contribution in [0.15, 0.2) is 36.4 Å². The molecule has 0 radical (unpaired) electrons. The standard InChI is InChI=1S/C29H31ClN4O4/c30-23-11-17(13-31)5-7-21(23)19-14-33(15-19)24-3-1-2-4-26(24)38-20-6-8-22-18(12-20)16-34(29(22)37)25-9-10-27(35)32-28(25)36/h5-8,11-12,19,24-26,28,36H,1-4,9-10,14-16H2,(H,32,35)/t24-,25?,26+,28?/m1/s1. The number of nitrogens with one attached hydrogen (secondary N) is 1. The van der Waals surface area contributed by atoms with Crippen LogP contribution in [0.4, 0.5) is 0 Å². The second-order valence-electron chi connectivity index (χ2n) is 10.9. The fraction of sp³-hybridized carbons (Fsp3) is 0.483. The molecule has 2 N–H and O–H groups in total. The molecule has 38 heavy (non-hydrogen) atoms. The molecule has 3 heterocycles. The van der Waals surface area contributed by atoms with Crippen molar-refractivity contribution >= 4 is 23.4 Å². The molecule has 4 aliphatic rings. The van der Waals surface area contributed by atoms with E-state index in [2.05, 4.69) is 16.3 Å². The summed E-state index contributed by atoms with van der Waals surface area (Å²) in [7, 11) is 0. The summed E-state index contributed by atoms with van der Waals surface area (Å²) in [6.45, 7) is 2.24. The minimum absolute atomic E-state index is 0.0720. The smallest absolute Gasteiger partial charge is 0.254 e. The van der Waals surface area contributed by atoms with Crippen molar-refractivity contribution in [1.29, 1.82) is 5.26 Å². The molecule has 8 nitrogen and oxygen atoms in total.